The highest BCUT2D eigenvalue weighted by atomic mass is 16.4. The Morgan fingerprint density at radius 1 is 1.24 bits per heavy atom. The van der Waals surface area contributed by atoms with Crippen molar-refractivity contribution in [1.29, 1.82) is 0 Å². The molecule has 2 rings (SSSR count). The lowest BCUT2D eigenvalue weighted by atomic mass is 9.94. The molecule has 0 bridgehead atoms. The van der Waals surface area contributed by atoms with E-state index in [0.717, 1.165) is 25.4 Å². The first-order valence-corrected chi connectivity index (χ1v) is 7.25. The molecule has 2 unspecified atom stereocenters. The van der Waals surface area contributed by atoms with Crippen molar-refractivity contribution in [3.05, 3.63) is 24.2 Å². The van der Waals surface area contributed by atoms with Crippen LogP contribution >= 0.6 is 0 Å². The second-order valence-corrected chi connectivity index (χ2v) is 5.60. The van der Waals surface area contributed by atoms with Gasteiger partial charge in [0.25, 0.3) is 0 Å². The number of carbonyl (C=O) groups is 2. The zero-order chi connectivity index (χ0) is 15.4. The maximum atomic E-state index is 12.3. The first-order chi connectivity index (χ1) is 9.99. The third-order valence-electron chi connectivity index (χ3n) is 4.17. The number of carboxylic acid groups (broad SMARTS) is 1. The lowest BCUT2D eigenvalue weighted by molar-refractivity contribution is -0.149. The van der Waals surface area contributed by atoms with E-state index in [1.807, 2.05) is 12.1 Å². The van der Waals surface area contributed by atoms with E-state index in [4.69, 9.17) is 9.52 Å². The standard InChI is InChI=1S/C15H22N2O4/c1-11(12(2)15(19)20)14(18)17-7-5-16(6-8-17)10-13-4-3-9-21-13/h3-4,9,11-12H,5-8,10H2,1-2H3,(H,19,20). The molecular formula is C15H22N2O4. The van der Waals surface area contributed by atoms with E-state index in [1.165, 1.54) is 0 Å². The number of rotatable bonds is 5. The number of amides is 1. The van der Waals surface area contributed by atoms with Crippen molar-refractivity contribution in [1.82, 2.24) is 9.80 Å². The molecule has 21 heavy (non-hydrogen) atoms. The van der Waals surface area contributed by atoms with Crippen molar-refractivity contribution in [3.63, 3.8) is 0 Å². The summed E-state index contributed by atoms with van der Waals surface area (Å²) in [5.41, 5.74) is 0. The van der Waals surface area contributed by atoms with Crippen molar-refractivity contribution in [2.75, 3.05) is 26.2 Å². The molecule has 2 atom stereocenters. The maximum absolute atomic E-state index is 12.3. The molecule has 1 fully saturated rings. The van der Waals surface area contributed by atoms with Gasteiger partial charge in [0.05, 0.1) is 18.7 Å². The average molecular weight is 294 g/mol. The number of hydrogen-bond acceptors (Lipinski definition) is 4. The van der Waals surface area contributed by atoms with E-state index in [2.05, 4.69) is 4.90 Å². The van der Waals surface area contributed by atoms with Crippen molar-refractivity contribution in [2.24, 2.45) is 11.8 Å². The van der Waals surface area contributed by atoms with E-state index in [1.54, 1.807) is 25.0 Å². The summed E-state index contributed by atoms with van der Waals surface area (Å²) in [5.74, 6) is -1.21. The number of aliphatic carboxylic acids is 1. The highest BCUT2D eigenvalue weighted by Gasteiger charge is 2.31. The quantitative estimate of drug-likeness (QED) is 0.885. The van der Waals surface area contributed by atoms with E-state index < -0.39 is 17.8 Å². The second kappa shape index (κ2) is 6.76. The fourth-order valence-corrected chi connectivity index (χ4v) is 2.47. The van der Waals surface area contributed by atoms with Gasteiger partial charge in [-0.15, -0.1) is 0 Å². The van der Waals surface area contributed by atoms with Crippen LogP contribution in [0.1, 0.15) is 19.6 Å². The fraction of sp³-hybridized carbons (Fsp3) is 0.600. The molecule has 1 amide bonds. The Bertz CT molecular complexity index is 478. The monoisotopic (exact) mass is 294 g/mol. The summed E-state index contributed by atoms with van der Waals surface area (Å²) >= 11 is 0. The molecule has 1 N–H and O–H groups in total. The van der Waals surface area contributed by atoms with Gasteiger partial charge in [-0.2, -0.15) is 0 Å². The fourth-order valence-electron chi connectivity index (χ4n) is 2.47. The van der Waals surface area contributed by atoms with Crippen molar-refractivity contribution in [3.8, 4) is 0 Å². The highest BCUT2D eigenvalue weighted by molar-refractivity contribution is 5.84. The van der Waals surface area contributed by atoms with E-state index >= 15 is 0 Å². The van der Waals surface area contributed by atoms with Crippen LogP contribution in [0.5, 0.6) is 0 Å². The Morgan fingerprint density at radius 3 is 2.43 bits per heavy atom. The molecule has 0 aliphatic carbocycles. The SMILES string of the molecule is CC(C(=O)O)C(C)C(=O)N1CCN(Cc2ccco2)CC1. The largest absolute Gasteiger partial charge is 0.481 e. The highest BCUT2D eigenvalue weighted by Crippen LogP contribution is 2.17. The van der Waals surface area contributed by atoms with Gasteiger partial charge in [-0.3, -0.25) is 14.5 Å². The predicted molar refractivity (Wildman–Crippen MR) is 76.5 cm³/mol. The average Bonchev–Trinajstić information content (AvgIpc) is 2.98. The number of hydrogen-bond donors (Lipinski definition) is 1. The molecule has 6 nitrogen and oxygen atoms in total. The van der Waals surface area contributed by atoms with Crippen LogP contribution in [0.3, 0.4) is 0 Å². The first kappa shape index (κ1) is 15.6. The first-order valence-electron chi connectivity index (χ1n) is 7.25. The van der Waals surface area contributed by atoms with Crippen molar-refractivity contribution >= 4 is 11.9 Å². The zero-order valence-electron chi connectivity index (χ0n) is 12.5. The minimum atomic E-state index is -0.924. The topological polar surface area (TPSA) is 74.0 Å². The van der Waals surface area contributed by atoms with Gasteiger partial charge in [0, 0.05) is 32.1 Å². The molecular weight excluding hydrogens is 272 g/mol. The molecule has 116 valence electrons. The van der Waals surface area contributed by atoms with Crippen LogP contribution in [0.25, 0.3) is 0 Å². The van der Waals surface area contributed by atoms with Crippen molar-refractivity contribution < 1.29 is 19.1 Å². The van der Waals surface area contributed by atoms with Gasteiger partial charge < -0.3 is 14.4 Å². The zero-order valence-corrected chi connectivity index (χ0v) is 12.5. The maximum Gasteiger partial charge on any atom is 0.307 e. The number of piperazine rings is 1. The lowest BCUT2D eigenvalue weighted by Gasteiger charge is -2.36. The Balaban J connectivity index is 1.83. The van der Waals surface area contributed by atoms with Crippen molar-refractivity contribution in [2.45, 2.75) is 20.4 Å². The molecule has 0 saturated carbocycles. The Labute approximate surface area is 124 Å². The summed E-state index contributed by atoms with van der Waals surface area (Å²) < 4.78 is 5.32. The summed E-state index contributed by atoms with van der Waals surface area (Å²) in [6.45, 7) is 6.85. The Hall–Kier alpha value is -1.82. The Kier molecular flexibility index (Phi) is 5.01. The van der Waals surface area contributed by atoms with Gasteiger partial charge in [0.1, 0.15) is 5.76 Å². The van der Waals surface area contributed by atoms with Gasteiger partial charge in [-0.1, -0.05) is 13.8 Å². The Morgan fingerprint density at radius 2 is 1.90 bits per heavy atom. The molecule has 6 heteroatoms. The van der Waals surface area contributed by atoms with Crippen LogP contribution in [0.4, 0.5) is 0 Å². The number of furan rings is 1. The van der Waals surface area contributed by atoms with Gasteiger partial charge in [-0.25, -0.2) is 0 Å². The number of nitrogens with zero attached hydrogens (tertiary/aromatic N) is 2. The van der Waals surface area contributed by atoms with Crippen LogP contribution < -0.4 is 0 Å². The summed E-state index contributed by atoms with van der Waals surface area (Å²) in [4.78, 5) is 27.3. The second-order valence-electron chi connectivity index (χ2n) is 5.60. The summed E-state index contributed by atoms with van der Waals surface area (Å²) in [6.07, 6.45) is 1.66. The molecule has 1 saturated heterocycles. The molecule has 0 spiro atoms. The van der Waals surface area contributed by atoms with E-state index in [-0.39, 0.29) is 5.91 Å². The molecule has 2 heterocycles. The van der Waals surface area contributed by atoms with Gasteiger partial charge in [0.15, 0.2) is 0 Å². The van der Waals surface area contributed by atoms with E-state index in [9.17, 15) is 9.59 Å². The van der Waals surface area contributed by atoms with Crippen LogP contribution in [-0.2, 0) is 16.1 Å². The molecule has 1 aliphatic rings. The van der Waals surface area contributed by atoms with Crippen LogP contribution in [0.15, 0.2) is 22.8 Å². The molecule has 1 aliphatic heterocycles. The van der Waals surface area contributed by atoms with Gasteiger partial charge >= 0.3 is 5.97 Å². The van der Waals surface area contributed by atoms with Crippen LogP contribution in [-0.4, -0.2) is 53.0 Å². The van der Waals surface area contributed by atoms with E-state index in [0.29, 0.717) is 13.1 Å². The smallest absolute Gasteiger partial charge is 0.307 e. The molecule has 1 aromatic heterocycles. The van der Waals surface area contributed by atoms with Crippen LogP contribution in [0, 0.1) is 11.8 Å². The normalized spacial score (nSPS) is 19.2. The number of carboxylic acids is 1. The third kappa shape index (κ3) is 3.85. The summed E-state index contributed by atoms with van der Waals surface area (Å²) in [5, 5.41) is 9.00. The summed E-state index contributed by atoms with van der Waals surface area (Å²) in [7, 11) is 0. The minimum absolute atomic E-state index is 0.0671. The molecule has 0 aromatic carbocycles. The molecule has 1 aromatic rings. The van der Waals surface area contributed by atoms with Gasteiger partial charge in [0.2, 0.25) is 5.91 Å². The summed E-state index contributed by atoms with van der Waals surface area (Å²) in [6, 6.07) is 3.80. The third-order valence-corrected chi connectivity index (χ3v) is 4.17. The number of carbonyl (C=O) groups excluding carboxylic acids is 1. The van der Waals surface area contributed by atoms with Gasteiger partial charge in [-0.05, 0) is 12.1 Å². The minimum Gasteiger partial charge on any atom is -0.481 e. The molecule has 0 radical (unpaired) electrons. The predicted octanol–water partition coefficient (Wildman–Crippen LogP) is 1.28. The van der Waals surface area contributed by atoms with Crippen LogP contribution in [0.2, 0.25) is 0 Å². The lowest BCUT2D eigenvalue weighted by Crippen LogP contribution is -2.50.